The molecule has 0 spiro atoms. The van der Waals surface area contributed by atoms with E-state index < -0.39 is 10.8 Å². The molecule has 1 aromatic heterocycles. The molecule has 0 bridgehead atoms. The van der Waals surface area contributed by atoms with Gasteiger partial charge in [0.15, 0.2) is 5.69 Å². The lowest BCUT2D eigenvalue weighted by atomic mass is 10.0. The SMILES string of the molecule is Cc1nc([N+](=O)[O-])c(C[N+](C)(C)C/C=C/C(=O)N=NN2C=CC3=CNC=C(Nc4ccc(F)c(Br)c4)C3=C2)n1C.[Br-]. The monoisotopic (exact) mass is 691 g/mol. The summed E-state index contributed by atoms with van der Waals surface area (Å²) in [6.07, 6.45) is 11.8. The van der Waals surface area contributed by atoms with Crippen molar-refractivity contribution in [1.29, 1.82) is 0 Å². The predicted molar refractivity (Wildman–Crippen MR) is 150 cm³/mol. The van der Waals surface area contributed by atoms with Crippen LogP contribution in [0.4, 0.5) is 15.9 Å². The highest BCUT2D eigenvalue weighted by atomic mass is 79.9. The highest BCUT2D eigenvalue weighted by Gasteiger charge is 2.29. The van der Waals surface area contributed by atoms with Gasteiger partial charge in [-0.2, -0.15) is 0 Å². The molecule has 41 heavy (non-hydrogen) atoms. The van der Waals surface area contributed by atoms with Gasteiger partial charge in [0, 0.05) is 61.7 Å². The second kappa shape index (κ2) is 13.1. The third-order valence-electron chi connectivity index (χ3n) is 6.21. The Bertz CT molecular complexity index is 1540. The first kappa shape index (κ1) is 31.6. The minimum Gasteiger partial charge on any atom is -1.00 e. The average molecular weight is 693 g/mol. The lowest BCUT2D eigenvalue weighted by Crippen LogP contribution is -3.00. The van der Waals surface area contributed by atoms with Gasteiger partial charge in [0.25, 0.3) is 5.91 Å². The number of benzene rings is 1. The fourth-order valence-electron chi connectivity index (χ4n) is 4.03. The van der Waals surface area contributed by atoms with Crippen molar-refractivity contribution in [1.82, 2.24) is 19.9 Å². The number of halogens is 3. The van der Waals surface area contributed by atoms with Gasteiger partial charge in [-0.05, 0) is 56.2 Å². The number of anilines is 1. The number of nitro groups is 1. The Morgan fingerprint density at radius 1 is 1.34 bits per heavy atom. The maximum absolute atomic E-state index is 13.6. The summed E-state index contributed by atoms with van der Waals surface area (Å²) in [7, 11) is 5.55. The Morgan fingerprint density at radius 3 is 2.80 bits per heavy atom. The number of carbonyl (C=O) groups is 1. The summed E-state index contributed by atoms with van der Waals surface area (Å²) in [6, 6.07) is 4.62. The number of hydrogen-bond donors (Lipinski definition) is 2. The van der Waals surface area contributed by atoms with Crippen LogP contribution in [-0.4, -0.2) is 50.5 Å². The molecule has 0 fully saturated rings. The smallest absolute Gasteiger partial charge is 0.391 e. The molecule has 3 heterocycles. The number of hydrogen-bond acceptors (Lipinski definition) is 7. The van der Waals surface area contributed by atoms with Crippen LogP contribution in [-0.2, 0) is 18.4 Å². The zero-order chi connectivity index (χ0) is 29.0. The van der Waals surface area contributed by atoms with Gasteiger partial charge in [0.2, 0.25) is 5.82 Å². The van der Waals surface area contributed by atoms with Crippen molar-refractivity contribution in [3.05, 3.63) is 110 Å². The van der Waals surface area contributed by atoms with E-state index in [4.69, 9.17) is 0 Å². The van der Waals surface area contributed by atoms with Gasteiger partial charge in [-0.1, -0.05) is 10.3 Å². The lowest BCUT2D eigenvalue weighted by molar-refractivity contribution is -0.898. The fraction of sp³-hybridized carbons (Fsp3) is 0.231. The van der Waals surface area contributed by atoms with Crippen LogP contribution in [0.15, 0.2) is 92.9 Å². The molecule has 15 heteroatoms. The van der Waals surface area contributed by atoms with E-state index in [1.54, 1.807) is 55.3 Å². The average Bonchev–Trinajstić information content (AvgIpc) is 3.18. The van der Waals surface area contributed by atoms with Crippen molar-refractivity contribution in [2.24, 2.45) is 17.4 Å². The van der Waals surface area contributed by atoms with Gasteiger partial charge in [-0.25, -0.2) is 9.40 Å². The molecule has 216 valence electrons. The largest absolute Gasteiger partial charge is 1.00 e. The molecule has 4 rings (SSSR count). The molecule has 2 aromatic rings. The van der Waals surface area contributed by atoms with Crippen molar-refractivity contribution < 1.29 is 35.6 Å². The molecule has 1 amide bonds. The minimum absolute atomic E-state index is 0. The normalized spacial score (nSPS) is 14.7. The number of aryl methyl sites for hydroxylation is 1. The van der Waals surface area contributed by atoms with Crippen molar-refractivity contribution >= 4 is 33.3 Å². The number of nitrogens with one attached hydrogen (secondary N) is 2. The van der Waals surface area contributed by atoms with Gasteiger partial charge in [0.1, 0.15) is 12.4 Å². The van der Waals surface area contributed by atoms with Crippen LogP contribution in [0, 0.1) is 22.9 Å². The predicted octanol–water partition coefficient (Wildman–Crippen LogP) is 1.72. The molecule has 0 atom stereocenters. The Hall–Kier alpha value is -3.95. The number of dihydropyridines is 1. The van der Waals surface area contributed by atoms with E-state index in [0.29, 0.717) is 39.3 Å². The Labute approximate surface area is 254 Å². The summed E-state index contributed by atoms with van der Waals surface area (Å²) in [6.45, 7) is 2.49. The van der Waals surface area contributed by atoms with Gasteiger partial charge >= 0.3 is 5.82 Å². The number of carbonyl (C=O) groups excluding carboxylic acids is 1. The van der Waals surface area contributed by atoms with Gasteiger partial charge in [-0.15, -0.1) is 0 Å². The van der Waals surface area contributed by atoms with Crippen LogP contribution in [0.25, 0.3) is 0 Å². The van der Waals surface area contributed by atoms with E-state index in [-0.39, 0.29) is 28.6 Å². The molecule has 0 saturated heterocycles. The lowest BCUT2D eigenvalue weighted by Gasteiger charge is -2.28. The number of nitrogens with zero attached hydrogens (tertiary/aromatic N) is 7. The number of amides is 1. The first-order valence-electron chi connectivity index (χ1n) is 12.1. The number of imidazole rings is 1. The highest BCUT2D eigenvalue weighted by Crippen LogP contribution is 2.30. The van der Waals surface area contributed by atoms with E-state index >= 15 is 0 Å². The third kappa shape index (κ3) is 7.83. The molecule has 0 aliphatic carbocycles. The molecule has 1 aromatic carbocycles. The summed E-state index contributed by atoms with van der Waals surface area (Å²) >= 11 is 3.19. The summed E-state index contributed by atoms with van der Waals surface area (Å²) in [4.78, 5) is 27.3. The number of aromatic nitrogens is 2. The standard InChI is InChI=1S/C26H27BrFN9O3.BrH/c1-17-30-26(36(39)40)24(34(17)2)16-37(3,4)11-5-6-25(38)32-33-35-10-9-18-13-29-14-23(20(18)15-35)31-19-7-8-22(28)21(27)12-19;/h5-10,12-15H,11,16H2,1-4H3,(H-,29,31,32,33,38);1H/b6-5+;. The Kier molecular flexibility index (Phi) is 10.1. The van der Waals surface area contributed by atoms with Gasteiger partial charge < -0.3 is 46.8 Å². The molecular formula is C26H28Br2FN9O3. The van der Waals surface area contributed by atoms with Crippen molar-refractivity contribution in [2.75, 3.05) is 26.0 Å². The highest BCUT2D eigenvalue weighted by molar-refractivity contribution is 9.10. The molecule has 2 aliphatic heterocycles. The fourth-order valence-corrected chi connectivity index (χ4v) is 4.41. The van der Waals surface area contributed by atoms with E-state index in [1.807, 2.05) is 26.4 Å². The molecule has 0 radical (unpaired) electrons. The number of quaternary nitrogens is 1. The Balaban J connectivity index is 0.00000462. The zero-order valence-corrected chi connectivity index (χ0v) is 25.8. The van der Waals surface area contributed by atoms with Crippen molar-refractivity contribution in [3.8, 4) is 0 Å². The number of fused-ring (bicyclic) bond motifs is 1. The molecule has 2 aliphatic rings. The van der Waals surface area contributed by atoms with Crippen LogP contribution in [0.1, 0.15) is 11.5 Å². The van der Waals surface area contributed by atoms with Gasteiger partial charge in [0.05, 0.1) is 30.8 Å². The van der Waals surface area contributed by atoms with Crippen LogP contribution in [0.5, 0.6) is 0 Å². The van der Waals surface area contributed by atoms with E-state index in [0.717, 1.165) is 16.8 Å². The summed E-state index contributed by atoms with van der Waals surface area (Å²) < 4.78 is 16.0. The first-order chi connectivity index (χ1) is 18.9. The number of rotatable bonds is 9. The topological polar surface area (TPSA) is 130 Å². The van der Waals surface area contributed by atoms with Crippen LogP contribution in [0.2, 0.25) is 0 Å². The van der Waals surface area contributed by atoms with E-state index in [2.05, 4.69) is 41.9 Å². The van der Waals surface area contributed by atoms with Crippen LogP contribution >= 0.6 is 15.9 Å². The second-order valence-electron chi connectivity index (χ2n) is 9.77. The molecule has 12 nitrogen and oxygen atoms in total. The van der Waals surface area contributed by atoms with E-state index in [1.165, 1.54) is 17.2 Å². The minimum atomic E-state index is -0.550. The molecule has 2 N–H and O–H groups in total. The van der Waals surface area contributed by atoms with Gasteiger partial charge in [-0.3, -0.25) is 4.79 Å². The first-order valence-corrected chi connectivity index (χ1v) is 12.9. The Morgan fingerprint density at radius 2 is 2.10 bits per heavy atom. The maximum Gasteiger partial charge on any atom is 0.391 e. The zero-order valence-electron chi connectivity index (χ0n) is 22.7. The second-order valence-corrected chi connectivity index (χ2v) is 10.6. The van der Waals surface area contributed by atoms with Crippen molar-refractivity contribution in [2.45, 2.75) is 13.5 Å². The summed E-state index contributed by atoms with van der Waals surface area (Å²) in [5, 5.41) is 26.9. The summed E-state index contributed by atoms with van der Waals surface area (Å²) in [5.74, 6) is -0.509. The summed E-state index contributed by atoms with van der Waals surface area (Å²) in [5.41, 5.74) is 3.59. The van der Waals surface area contributed by atoms with Crippen molar-refractivity contribution in [3.63, 3.8) is 0 Å². The quantitative estimate of drug-likeness (QED) is 0.135. The third-order valence-corrected chi connectivity index (χ3v) is 6.82. The number of allylic oxidation sites excluding steroid dienone is 2. The molecule has 0 saturated carbocycles. The molecular weight excluding hydrogens is 665 g/mol. The maximum atomic E-state index is 13.6. The van der Waals surface area contributed by atoms with Crippen LogP contribution in [0.3, 0.4) is 0 Å². The van der Waals surface area contributed by atoms with E-state index in [9.17, 15) is 19.3 Å². The van der Waals surface area contributed by atoms with Crippen LogP contribution < -0.4 is 27.6 Å². The molecule has 0 unspecified atom stereocenters. The number of likely N-dealkylation sites (N-methyl/N-ethyl adjacent to an activating group) is 1.